The lowest BCUT2D eigenvalue weighted by Gasteiger charge is -2.29. The molecule has 0 unspecified atom stereocenters. The van der Waals surface area contributed by atoms with Crippen LogP contribution in [0.25, 0.3) is 0 Å². The Labute approximate surface area is 405 Å². The molecule has 0 saturated heterocycles. The SMILES string of the molecule is CC(C)(C)OC(=O)NCCN(CCCN(CCCN(CCC#N)CCC#N)CCCN(CCC#N)CCC#N)CCCN(CCCN(CCC#N)CCC#N)CCCN(CCC#N)CCC#N. The molecule has 0 saturated carbocycles. The van der Waals surface area contributed by atoms with Crippen LogP contribution >= 0.6 is 0 Å². The number of alkyl carbamates (subject to hydrolysis) is 1. The first-order chi connectivity index (χ1) is 32.5. The first-order valence-corrected chi connectivity index (χ1v) is 24.5. The van der Waals surface area contributed by atoms with Crippen molar-refractivity contribution in [3.8, 4) is 48.6 Å². The topological polar surface area (TPSA) is 251 Å². The van der Waals surface area contributed by atoms with E-state index in [1.807, 2.05) is 20.8 Å². The van der Waals surface area contributed by atoms with Crippen LogP contribution in [0.4, 0.5) is 4.79 Å². The Morgan fingerprint density at radius 2 is 0.522 bits per heavy atom. The third-order valence-corrected chi connectivity index (χ3v) is 11.1. The molecule has 0 aromatic carbocycles. The fraction of sp³-hybridized carbons (Fsp3) is 0.816. The molecule has 1 N–H and O–H groups in total. The molecule has 0 heterocycles. The van der Waals surface area contributed by atoms with E-state index in [0.29, 0.717) is 117 Å². The molecule has 18 nitrogen and oxygen atoms in total. The quantitative estimate of drug-likeness (QED) is 0.0817. The fourth-order valence-electron chi connectivity index (χ4n) is 7.75. The molecule has 370 valence electrons. The van der Waals surface area contributed by atoms with Gasteiger partial charge in [0.05, 0.1) is 48.6 Å². The predicted molar refractivity (Wildman–Crippen MR) is 259 cm³/mol. The summed E-state index contributed by atoms with van der Waals surface area (Å²) in [7, 11) is 0. The molecule has 0 fully saturated rings. The number of nitrogens with one attached hydrogen (secondary N) is 1. The van der Waals surface area contributed by atoms with Gasteiger partial charge in [0.15, 0.2) is 0 Å². The number of hydrogen-bond acceptors (Lipinski definition) is 17. The van der Waals surface area contributed by atoms with Crippen molar-refractivity contribution in [3.63, 3.8) is 0 Å². The Balaban J connectivity index is 6.07. The van der Waals surface area contributed by atoms with E-state index in [2.05, 4.69) is 88.2 Å². The second-order valence-electron chi connectivity index (χ2n) is 17.7. The van der Waals surface area contributed by atoms with Gasteiger partial charge in [-0.05, 0) is 138 Å². The maximum absolute atomic E-state index is 12.6. The number of rotatable bonds is 43. The van der Waals surface area contributed by atoms with Crippen LogP contribution in [0.5, 0.6) is 0 Å². The number of ether oxygens (including phenoxy) is 1. The molecule has 0 spiro atoms. The third kappa shape index (κ3) is 38.7. The van der Waals surface area contributed by atoms with Gasteiger partial charge in [-0.2, -0.15) is 42.1 Å². The molecule has 0 aromatic heterocycles. The van der Waals surface area contributed by atoms with Gasteiger partial charge in [0.2, 0.25) is 0 Å². The fourth-order valence-corrected chi connectivity index (χ4v) is 7.75. The van der Waals surface area contributed by atoms with Gasteiger partial charge in [-0.15, -0.1) is 0 Å². The monoisotopic (exact) mass is 927 g/mol. The van der Waals surface area contributed by atoms with Crippen LogP contribution < -0.4 is 5.32 Å². The summed E-state index contributed by atoms with van der Waals surface area (Å²) in [4.78, 5) is 28.7. The highest BCUT2D eigenvalue weighted by Gasteiger charge is 2.18. The highest BCUT2D eigenvalue weighted by atomic mass is 16.6. The van der Waals surface area contributed by atoms with Crippen molar-refractivity contribution in [3.05, 3.63) is 0 Å². The zero-order valence-corrected chi connectivity index (χ0v) is 41.5. The lowest BCUT2D eigenvalue weighted by molar-refractivity contribution is 0.0521. The van der Waals surface area contributed by atoms with E-state index in [1.165, 1.54) is 0 Å². The van der Waals surface area contributed by atoms with E-state index in [9.17, 15) is 46.9 Å². The summed E-state index contributed by atoms with van der Waals surface area (Å²) < 4.78 is 5.51. The molecule has 18 heteroatoms. The number of carbonyl (C=O) groups excluding carboxylic acids is 1. The number of hydrogen-bond donors (Lipinski definition) is 1. The largest absolute Gasteiger partial charge is 0.444 e. The minimum Gasteiger partial charge on any atom is -0.444 e. The smallest absolute Gasteiger partial charge is 0.407 e. The summed E-state index contributed by atoms with van der Waals surface area (Å²) in [5.74, 6) is 0. The zero-order chi connectivity index (χ0) is 49.6. The van der Waals surface area contributed by atoms with Crippen molar-refractivity contribution in [2.24, 2.45) is 0 Å². The minimum atomic E-state index is -0.605. The van der Waals surface area contributed by atoms with Crippen molar-refractivity contribution < 1.29 is 9.53 Å². The lowest BCUT2D eigenvalue weighted by Crippen LogP contribution is -2.40. The van der Waals surface area contributed by atoms with Crippen LogP contribution in [-0.2, 0) is 4.74 Å². The predicted octanol–water partition coefficient (Wildman–Crippen LogP) is 5.28. The molecule has 0 rings (SSSR count). The average Bonchev–Trinajstić information content (AvgIpc) is 3.30. The van der Waals surface area contributed by atoms with Crippen molar-refractivity contribution in [1.82, 2.24) is 39.6 Å². The van der Waals surface area contributed by atoms with Crippen LogP contribution in [0.15, 0.2) is 0 Å². The van der Waals surface area contributed by atoms with E-state index in [0.717, 1.165) is 117 Å². The summed E-state index contributed by atoms with van der Waals surface area (Å²) in [6, 6.07) is 17.8. The average molecular weight is 927 g/mol. The van der Waals surface area contributed by atoms with Crippen LogP contribution in [-0.4, -0.2) is 190 Å². The van der Waals surface area contributed by atoms with E-state index in [-0.39, 0.29) is 0 Å². The number of amides is 1. The second-order valence-corrected chi connectivity index (χ2v) is 17.7. The molecule has 1 amide bonds. The first kappa shape index (κ1) is 61.9. The lowest BCUT2D eigenvalue weighted by atomic mass is 10.2. The number of nitrogens with zero attached hydrogens (tertiary/aromatic N) is 15. The van der Waals surface area contributed by atoms with Crippen LogP contribution in [0, 0.1) is 90.6 Å². The zero-order valence-electron chi connectivity index (χ0n) is 41.5. The van der Waals surface area contributed by atoms with Crippen LogP contribution in [0.3, 0.4) is 0 Å². The summed E-state index contributed by atoms with van der Waals surface area (Å²) in [5, 5.41) is 76.5. The Hall–Kier alpha value is -5.09. The van der Waals surface area contributed by atoms with Gasteiger partial charge in [-0.3, -0.25) is 0 Å². The number of nitriles is 8. The van der Waals surface area contributed by atoms with E-state index >= 15 is 0 Å². The summed E-state index contributed by atoms with van der Waals surface area (Å²) in [6.45, 7) is 21.7. The van der Waals surface area contributed by atoms with Gasteiger partial charge < -0.3 is 44.4 Å². The normalized spacial score (nSPS) is 11.3. The van der Waals surface area contributed by atoms with Gasteiger partial charge in [-0.1, -0.05) is 0 Å². The van der Waals surface area contributed by atoms with Crippen LogP contribution in [0.2, 0.25) is 0 Å². The standard InChI is InChI=1S/C49H82N16O2/c1-49(2,3)67-48(66)58-26-47-65(45-16-43-63(39-12-35-59(27-4-18-50)28-5-19-51)40-13-36-60(29-6-20-52)30-7-21-53)46-17-44-64(41-14-37-61(31-8-22-54)32-9-23-55)42-15-38-62(33-10-24-56)34-11-25-57/h4-17,26-47H2,1-3H3,(H,58,66). The van der Waals surface area contributed by atoms with Crippen molar-refractivity contribution in [1.29, 1.82) is 42.1 Å². The summed E-state index contributed by atoms with van der Waals surface area (Å²) in [6.07, 6.45) is 8.29. The maximum Gasteiger partial charge on any atom is 0.407 e. The van der Waals surface area contributed by atoms with E-state index in [1.54, 1.807) is 0 Å². The molecule has 0 aliphatic rings. The van der Waals surface area contributed by atoms with Crippen LogP contribution in [0.1, 0.15) is 111 Å². The summed E-state index contributed by atoms with van der Waals surface area (Å²) >= 11 is 0. The molecule has 0 radical (unpaired) electrons. The van der Waals surface area contributed by atoms with E-state index in [4.69, 9.17) is 4.74 Å². The highest BCUT2D eigenvalue weighted by Crippen LogP contribution is 2.09. The maximum atomic E-state index is 12.6. The number of carbonyl (C=O) groups is 1. The molecule has 0 aromatic rings. The molecule has 0 aliphatic carbocycles. The molecular weight excluding hydrogens is 845 g/mol. The van der Waals surface area contributed by atoms with Gasteiger partial charge in [0.1, 0.15) is 5.60 Å². The van der Waals surface area contributed by atoms with Gasteiger partial charge in [-0.25, -0.2) is 4.79 Å². The van der Waals surface area contributed by atoms with E-state index < -0.39 is 11.7 Å². The first-order valence-electron chi connectivity index (χ1n) is 24.5. The van der Waals surface area contributed by atoms with Crippen molar-refractivity contribution >= 4 is 6.09 Å². The minimum absolute atomic E-state index is 0.420. The highest BCUT2D eigenvalue weighted by molar-refractivity contribution is 5.67. The molecule has 0 atom stereocenters. The second kappa shape index (κ2) is 43.5. The third-order valence-electron chi connectivity index (χ3n) is 11.1. The Bertz CT molecular complexity index is 1350. The van der Waals surface area contributed by atoms with Gasteiger partial charge >= 0.3 is 6.09 Å². The molecule has 0 aliphatic heterocycles. The van der Waals surface area contributed by atoms with Gasteiger partial charge in [0.25, 0.3) is 0 Å². The Morgan fingerprint density at radius 1 is 0.343 bits per heavy atom. The van der Waals surface area contributed by atoms with Gasteiger partial charge in [0, 0.05) is 117 Å². The molecule has 67 heavy (non-hydrogen) atoms. The van der Waals surface area contributed by atoms with Crippen molar-refractivity contribution in [2.45, 2.75) is 116 Å². The molecule has 0 bridgehead atoms. The Kier molecular flexibility index (Phi) is 40.2. The van der Waals surface area contributed by atoms with Crippen molar-refractivity contribution in [2.75, 3.05) is 144 Å². The Morgan fingerprint density at radius 3 is 0.701 bits per heavy atom. The summed E-state index contributed by atoms with van der Waals surface area (Å²) in [5.41, 5.74) is -0.605. The molecular formula is C49H82N16O2.